The number of aromatic nitrogens is 3. The molecule has 6 heteroatoms. The Bertz CT molecular complexity index is 962. The minimum absolute atomic E-state index is 0.209. The summed E-state index contributed by atoms with van der Waals surface area (Å²) in [4.78, 5) is 0. The lowest BCUT2D eigenvalue weighted by Gasteiger charge is -2.38. The van der Waals surface area contributed by atoms with E-state index >= 15 is 0 Å². The third kappa shape index (κ3) is 2.61. The fourth-order valence-electron chi connectivity index (χ4n) is 4.73. The molecule has 1 fully saturated rings. The highest BCUT2D eigenvalue weighted by Gasteiger charge is 2.52. The Hall–Kier alpha value is -2.21. The van der Waals surface area contributed by atoms with Gasteiger partial charge in [-0.2, -0.15) is 0 Å². The Morgan fingerprint density at radius 3 is 2.59 bits per heavy atom. The number of aliphatic hydroxyl groups excluding tert-OH is 1. The van der Waals surface area contributed by atoms with E-state index in [1.165, 1.54) is 5.56 Å². The fourth-order valence-corrected chi connectivity index (χ4v) is 4.86. The van der Waals surface area contributed by atoms with Crippen LogP contribution in [0.1, 0.15) is 30.0 Å². The van der Waals surface area contributed by atoms with Crippen molar-refractivity contribution >= 4 is 11.6 Å². The molecule has 27 heavy (non-hydrogen) atoms. The number of nitrogens with zero attached hydrogens (tertiary/aromatic N) is 3. The highest BCUT2D eigenvalue weighted by Crippen LogP contribution is 2.51. The van der Waals surface area contributed by atoms with Crippen LogP contribution in [0.15, 0.2) is 54.7 Å². The van der Waals surface area contributed by atoms with E-state index in [9.17, 15) is 5.11 Å². The van der Waals surface area contributed by atoms with Crippen molar-refractivity contribution in [2.75, 3.05) is 13.1 Å². The first-order chi connectivity index (χ1) is 13.2. The third-order valence-corrected chi connectivity index (χ3v) is 6.36. The van der Waals surface area contributed by atoms with Gasteiger partial charge in [0, 0.05) is 16.0 Å². The zero-order chi connectivity index (χ0) is 18.4. The van der Waals surface area contributed by atoms with Crippen LogP contribution in [0.3, 0.4) is 0 Å². The van der Waals surface area contributed by atoms with E-state index in [2.05, 4.69) is 33.8 Å². The van der Waals surface area contributed by atoms with E-state index in [0.29, 0.717) is 5.02 Å². The molecule has 1 aromatic heterocycles. The van der Waals surface area contributed by atoms with E-state index < -0.39 is 6.10 Å². The number of nitrogens with one attached hydrogen (secondary N) is 1. The fraction of sp³-hybridized carbons (Fsp3) is 0.333. The summed E-state index contributed by atoms with van der Waals surface area (Å²) in [5.41, 5.74) is 3.94. The van der Waals surface area contributed by atoms with Crippen molar-refractivity contribution in [3.8, 4) is 11.3 Å². The Labute approximate surface area is 163 Å². The summed E-state index contributed by atoms with van der Waals surface area (Å²) in [6, 6.07) is 15.7. The molecule has 2 N–H and O–H groups in total. The van der Waals surface area contributed by atoms with Crippen molar-refractivity contribution < 1.29 is 5.11 Å². The maximum Gasteiger partial charge on any atom is 0.113 e. The van der Waals surface area contributed by atoms with Crippen LogP contribution < -0.4 is 5.32 Å². The number of hydrogen-bond donors (Lipinski definition) is 2. The SMILES string of the molecule is O[C@@H]1[C@@H](n2cc(-c3ccc(Cl)cc3)nn2)c2ccccc2C12CCNCC2. The van der Waals surface area contributed by atoms with Gasteiger partial charge in [0.15, 0.2) is 0 Å². The van der Waals surface area contributed by atoms with Crippen molar-refractivity contribution in [2.24, 2.45) is 0 Å². The van der Waals surface area contributed by atoms with Crippen LogP contribution in [0.5, 0.6) is 0 Å². The molecule has 0 radical (unpaired) electrons. The average Bonchev–Trinajstić information content (AvgIpc) is 3.26. The Morgan fingerprint density at radius 1 is 1.07 bits per heavy atom. The lowest BCUT2D eigenvalue weighted by Crippen LogP contribution is -2.47. The third-order valence-electron chi connectivity index (χ3n) is 6.11. The predicted octanol–water partition coefficient (Wildman–Crippen LogP) is 3.18. The van der Waals surface area contributed by atoms with Gasteiger partial charge in [-0.05, 0) is 49.2 Å². The van der Waals surface area contributed by atoms with Crippen LogP contribution in [0.2, 0.25) is 5.02 Å². The molecule has 3 aromatic rings. The van der Waals surface area contributed by atoms with Gasteiger partial charge in [-0.1, -0.05) is 53.2 Å². The highest BCUT2D eigenvalue weighted by molar-refractivity contribution is 6.30. The molecule has 0 unspecified atom stereocenters. The summed E-state index contributed by atoms with van der Waals surface area (Å²) >= 11 is 5.99. The molecule has 0 saturated carbocycles. The van der Waals surface area contributed by atoms with E-state index in [4.69, 9.17) is 11.6 Å². The molecule has 0 amide bonds. The molecule has 138 valence electrons. The second kappa shape index (κ2) is 6.44. The van der Waals surface area contributed by atoms with Crippen LogP contribution in [0.4, 0.5) is 0 Å². The summed E-state index contributed by atoms with van der Waals surface area (Å²) in [7, 11) is 0. The number of halogens is 1. The van der Waals surface area contributed by atoms with Crippen molar-refractivity contribution in [2.45, 2.75) is 30.4 Å². The molecule has 2 heterocycles. The molecule has 1 spiro atoms. The average molecular weight is 381 g/mol. The molecule has 1 saturated heterocycles. The first-order valence-electron chi connectivity index (χ1n) is 9.35. The molecule has 5 nitrogen and oxygen atoms in total. The van der Waals surface area contributed by atoms with E-state index in [-0.39, 0.29) is 11.5 Å². The number of benzene rings is 2. The van der Waals surface area contributed by atoms with Gasteiger partial charge in [0.25, 0.3) is 0 Å². The lowest BCUT2D eigenvalue weighted by atomic mass is 9.72. The van der Waals surface area contributed by atoms with Crippen molar-refractivity contribution in [3.63, 3.8) is 0 Å². The summed E-state index contributed by atoms with van der Waals surface area (Å²) in [5.74, 6) is 0. The second-order valence-corrected chi connectivity index (χ2v) is 7.91. The molecule has 1 aliphatic heterocycles. The zero-order valence-electron chi connectivity index (χ0n) is 14.8. The van der Waals surface area contributed by atoms with Crippen molar-refractivity contribution in [1.82, 2.24) is 20.3 Å². The first kappa shape index (κ1) is 16.9. The number of rotatable bonds is 2. The largest absolute Gasteiger partial charge is 0.390 e. The maximum absolute atomic E-state index is 11.4. The number of fused-ring (bicyclic) bond motifs is 2. The van der Waals surface area contributed by atoms with Crippen LogP contribution >= 0.6 is 11.6 Å². The summed E-state index contributed by atoms with van der Waals surface area (Å²) in [6.07, 6.45) is 3.27. The van der Waals surface area contributed by atoms with Gasteiger partial charge in [-0.15, -0.1) is 5.10 Å². The molecule has 5 rings (SSSR count). The predicted molar refractivity (Wildman–Crippen MR) is 105 cm³/mol. The van der Waals surface area contributed by atoms with Gasteiger partial charge < -0.3 is 10.4 Å². The molecule has 2 aromatic carbocycles. The Morgan fingerprint density at radius 2 is 1.81 bits per heavy atom. The van der Waals surface area contributed by atoms with Gasteiger partial charge in [0.2, 0.25) is 0 Å². The van der Waals surface area contributed by atoms with Crippen molar-refractivity contribution in [3.05, 3.63) is 70.9 Å². The van der Waals surface area contributed by atoms with Crippen molar-refractivity contribution in [1.29, 1.82) is 0 Å². The normalized spacial score (nSPS) is 23.5. The number of aliphatic hydroxyl groups is 1. The van der Waals surface area contributed by atoms with E-state index in [1.54, 1.807) is 0 Å². The minimum Gasteiger partial charge on any atom is -0.390 e. The Balaban J connectivity index is 1.56. The molecule has 1 aliphatic carbocycles. The van der Waals surface area contributed by atoms with Crippen LogP contribution in [-0.2, 0) is 5.41 Å². The zero-order valence-corrected chi connectivity index (χ0v) is 15.6. The van der Waals surface area contributed by atoms with E-state index in [0.717, 1.165) is 42.8 Å². The minimum atomic E-state index is -0.517. The number of piperidine rings is 1. The summed E-state index contributed by atoms with van der Waals surface area (Å²) in [6.45, 7) is 1.84. The molecule has 0 bridgehead atoms. The van der Waals surface area contributed by atoms with Gasteiger partial charge in [-0.3, -0.25) is 0 Å². The van der Waals surface area contributed by atoms with Gasteiger partial charge >= 0.3 is 0 Å². The summed E-state index contributed by atoms with van der Waals surface area (Å²) in [5, 5.41) is 24.3. The Kier molecular flexibility index (Phi) is 4.04. The topological polar surface area (TPSA) is 63.0 Å². The molecular weight excluding hydrogens is 360 g/mol. The summed E-state index contributed by atoms with van der Waals surface area (Å²) < 4.78 is 1.82. The van der Waals surface area contributed by atoms with E-state index in [1.807, 2.05) is 41.2 Å². The van der Waals surface area contributed by atoms with Crippen LogP contribution in [0, 0.1) is 0 Å². The van der Waals surface area contributed by atoms with Gasteiger partial charge in [0.1, 0.15) is 11.7 Å². The molecule has 2 aliphatic rings. The number of hydrogen-bond acceptors (Lipinski definition) is 4. The van der Waals surface area contributed by atoms with Gasteiger partial charge in [-0.25, -0.2) is 4.68 Å². The lowest BCUT2D eigenvalue weighted by molar-refractivity contribution is 0.0421. The maximum atomic E-state index is 11.4. The first-order valence-corrected chi connectivity index (χ1v) is 9.73. The monoisotopic (exact) mass is 380 g/mol. The van der Waals surface area contributed by atoms with Crippen LogP contribution in [0.25, 0.3) is 11.3 Å². The standard InChI is InChI=1S/C21H21ClN4O/c22-15-7-5-14(6-8-15)18-13-26(25-24-18)19-16-3-1-2-4-17(16)21(20(19)27)9-11-23-12-10-21/h1-8,13,19-20,23,27H,9-12H2/t19-,20+/m0/s1. The smallest absolute Gasteiger partial charge is 0.113 e. The van der Waals surface area contributed by atoms with Gasteiger partial charge in [0.05, 0.1) is 12.3 Å². The van der Waals surface area contributed by atoms with Crippen LogP contribution in [-0.4, -0.2) is 39.3 Å². The quantitative estimate of drug-likeness (QED) is 0.716. The molecule has 2 atom stereocenters. The second-order valence-electron chi connectivity index (χ2n) is 7.47. The highest BCUT2D eigenvalue weighted by atomic mass is 35.5. The molecular formula is C21H21ClN4O.